The molecule has 0 aliphatic carbocycles. The van der Waals surface area contributed by atoms with Crippen LogP contribution in [-0.2, 0) is 16.1 Å². The number of rotatable bonds is 4. The van der Waals surface area contributed by atoms with Gasteiger partial charge in [0, 0.05) is 18.9 Å². The molecular formula is C13H14N4O3S. The average molecular weight is 306 g/mol. The fourth-order valence-corrected chi connectivity index (χ4v) is 2.94. The van der Waals surface area contributed by atoms with Crippen molar-refractivity contribution in [3.8, 4) is 0 Å². The molecule has 1 aliphatic heterocycles. The van der Waals surface area contributed by atoms with Crippen LogP contribution in [0.2, 0.25) is 0 Å². The van der Waals surface area contributed by atoms with Crippen molar-refractivity contribution < 1.29 is 9.53 Å². The molecule has 1 unspecified atom stereocenters. The van der Waals surface area contributed by atoms with Crippen LogP contribution in [0.5, 0.6) is 0 Å². The van der Waals surface area contributed by atoms with Gasteiger partial charge in [-0.2, -0.15) is 0 Å². The SMILES string of the molecule is O=C(Cn1ccccc1=O)Nc1nnc(C2CCCO2)s1. The number of aromatic nitrogens is 3. The number of ether oxygens (including phenoxy) is 1. The largest absolute Gasteiger partial charge is 0.371 e. The Bertz CT molecular complexity index is 690. The molecule has 3 rings (SSSR count). The number of hydrogen-bond acceptors (Lipinski definition) is 6. The van der Waals surface area contributed by atoms with E-state index in [1.807, 2.05) is 0 Å². The maximum Gasteiger partial charge on any atom is 0.250 e. The molecule has 110 valence electrons. The Hall–Kier alpha value is -2.06. The topological polar surface area (TPSA) is 86.1 Å². The van der Waals surface area contributed by atoms with Crippen LogP contribution in [0.15, 0.2) is 29.2 Å². The first-order valence-corrected chi connectivity index (χ1v) is 7.44. The van der Waals surface area contributed by atoms with Gasteiger partial charge in [-0.3, -0.25) is 14.9 Å². The Labute approximate surface area is 124 Å². The highest BCUT2D eigenvalue weighted by Gasteiger charge is 2.22. The number of anilines is 1. The van der Waals surface area contributed by atoms with Gasteiger partial charge in [0.2, 0.25) is 11.0 Å². The fraction of sp³-hybridized carbons (Fsp3) is 0.385. The van der Waals surface area contributed by atoms with E-state index in [9.17, 15) is 9.59 Å². The number of carbonyl (C=O) groups is 1. The van der Waals surface area contributed by atoms with E-state index in [1.165, 1.54) is 22.0 Å². The highest BCUT2D eigenvalue weighted by atomic mass is 32.1. The summed E-state index contributed by atoms with van der Waals surface area (Å²) in [6, 6.07) is 4.75. The lowest BCUT2D eigenvalue weighted by atomic mass is 10.2. The monoisotopic (exact) mass is 306 g/mol. The minimum atomic E-state index is -0.307. The molecule has 2 aromatic rings. The molecule has 0 radical (unpaired) electrons. The number of pyridine rings is 1. The maximum atomic E-state index is 11.9. The third-order valence-electron chi connectivity index (χ3n) is 3.11. The molecule has 1 amide bonds. The third-order valence-corrected chi connectivity index (χ3v) is 4.04. The lowest BCUT2D eigenvalue weighted by Crippen LogP contribution is -2.26. The minimum Gasteiger partial charge on any atom is -0.371 e. The zero-order valence-electron chi connectivity index (χ0n) is 11.2. The number of nitrogens with zero attached hydrogens (tertiary/aromatic N) is 3. The van der Waals surface area contributed by atoms with Gasteiger partial charge in [-0.15, -0.1) is 10.2 Å². The van der Waals surface area contributed by atoms with E-state index < -0.39 is 0 Å². The van der Waals surface area contributed by atoms with Gasteiger partial charge in [-0.05, 0) is 18.9 Å². The molecule has 1 fully saturated rings. The molecule has 0 aromatic carbocycles. The van der Waals surface area contributed by atoms with E-state index in [2.05, 4.69) is 15.5 Å². The minimum absolute atomic E-state index is 0.00936. The molecule has 0 spiro atoms. The molecule has 1 atom stereocenters. The first-order valence-electron chi connectivity index (χ1n) is 6.63. The number of nitrogens with one attached hydrogen (secondary N) is 1. The summed E-state index contributed by atoms with van der Waals surface area (Å²) in [5.74, 6) is -0.307. The smallest absolute Gasteiger partial charge is 0.250 e. The highest BCUT2D eigenvalue weighted by molar-refractivity contribution is 7.15. The van der Waals surface area contributed by atoms with Crippen molar-refractivity contribution in [1.82, 2.24) is 14.8 Å². The second-order valence-electron chi connectivity index (χ2n) is 4.66. The van der Waals surface area contributed by atoms with Gasteiger partial charge >= 0.3 is 0 Å². The lowest BCUT2D eigenvalue weighted by molar-refractivity contribution is -0.116. The average Bonchev–Trinajstić information content (AvgIpc) is 3.12. The van der Waals surface area contributed by atoms with Crippen molar-refractivity contribution >= 4 is 22.4 Å². The number of carbonyl (C=O) groups excluding carboxylic acids is 1. The van der Waals surface area contributed by atoms with E-state index in [4.69, 9.17) is 4.74 Å². The number of amides is 1. The standard InChI is InChI=1S/C13H14N4O3S/c18-10(8-17-6-2-1-5-11(17)19)14-13-16-15-12(21-13)9-4-3-7-20-9/h1-2,5-6,9H,3-4,7-8H2,(H,14,16,18). The Kier molecular flexibility index (Phi) is 4.07. The van der Waals surface area contributed by atoms with Gasteiger partial charge in [0.25, 0.3) is 5.56 Å². The summed E-state index contributed by atoms with van der Waals surface area (Å²) < 4.78 is 6.85. The van der Waals surface area contributed by atoms with Gasteiger partial charge in [0.15, 0.2) is 0 Å². The van der Waals surface area contributed by atoms with E-state index in [0.717, 1.165) is 24.5 Å². The van der Waals surface area contributed by atoms with Crippen molar-refractivity contribution in [3.63, 3.8) is 0 Å². The van der Waals surface area contributed by atoms with E-state index in [0.29, 0.717) is 5.13 Å². The van der Waals surface area contributed by atoms with Gasteiger partial charge < -0.3 is 9.30 Å². The Morgan fingerprint density at radius 3 is 3.14 bits per heavy atom. The van der Waals surface area contributed by atoms with E-state index in [1.54, 1.807) is 18.3 Å². The molecule has 1 saturated heterocycles. The summed E-state index contributed by atoms with van der Waals surface area (Å²) in [5.41, 5.74) is -0.218. The zero-order chi connectivity index (χ0) is 14.7. The Balaban J connectivity index is 1.62. The predicted octanol–water partition coefficient (Wildman–Crippen LogP) is 1.19. The predicted molar refractivity (Wildman–Crippen MR) is 77.2 cm³/mol. The molecule has 7 nitrogen and oxygen atoms in total. The molecular weight excluding hydrogens is 292 g/mol. The van der Waals surface area contributed by atoms with E-state index in [-0.39, 0.29) is 24.1 Å². The quantitative estimate of drug-likeness (QED) is 0.917. The molecule has 0 bridgehead atoms. The first kappa shape index (κ1) is 13.9. The normalized spacial score (nSPS) is 17.8. The van der Waals surface area contributed by atoms with Crippen LogP contribution < -0.4 is 10.9 Å². The lowest BCUT2D eigenvalue weighted by Gasteiger charge is -2.04. The van der Waals surface area contributed by atoms with Gasteiger partial charge in [-0.25, -0.2) is 0 Å². The second-order valence-corrected chi connectivity index (χ2v) is 5.67. The molecule has 0 saturated carbocycles. The third kappa shape index (κ3) is 3.34. The Morgan fingerprint density at radius 1 is 1.48 bits per heavy atom. The summed E-state index contributed by atoms with van der Waals surface area (Å²) in [4.78, 5) is 23.4. The molecule has 1 N–H and O–H groups in total. The van der Waals surface area contributed by atoms with Crippen molar-refractivity contribution in [3.05, 3.63) is 39.8 Å². The molecule has 21 heavy (non-hydrogen) atoms. The van der Waals surface area contributed by atoms with Crippen molar-refractivity contribution in [2.75, 3.05) is 11.9 Å². The van der Waals surface area contributed by atoms with Crippen molar-refractivity contribution in [2.45, 2.75) is 25.5 Å². The van der Waals surface area contributed by atoms with Crippen LogP contribution in [0.3, 0.4) is 0 Å². The summed E-state index contributed by atoms with van der Waals surface area (Å²) >= 11 is 1.31. The van der Waals surface area contributed by atoms with Crippen LogP contribution in [0.25, 0.3) is 0 Å². The van der Waals surface area contributed by atoms with Crippen molar-refractivity contribution in [1.29, 1.82) is 0 Å². The molecule has 1 aliphatic rings. The van der Waals surface area contributed by atoms with E-state index >= 15 is 0 Å². The second kappa shape index (κ2) is 6.15. The fourth-order valence-electron chi connectivity index (χ4n) is 2.09. The van der Waals surface area contributed by atoms with Crippen LogP contribution >= 0.6 is 11.3 Å². The summed E-state index contributed by atoms with van der Waals surface area (Å²) in [5, 5.41) is 11.8. The van der Waals surface area contributed by atoms with Crippen molar-refractivity contribution in [2.24, 2.45) is 0 Å². The van der Waals surface area contributed by atoms with Crippen LogP contribution in [0, 0.1) is 0 Å². The maximum absolute atomic E-state index is 11.9. The van der Waals surface area contributed by atoms with Crippen LogP contribution in [0.1, 0.15) is 24.0 Å². The summed E-state index contributed by atoms with van der Waals surface area (Å²) in [6.07, 6.45) is 3.51. The van der Waals surface area contributed by atoms with Gasteiger partial charge in [-0.1, -0.05) is 17.4 Å². The first-order chi connectivity index (χ1) is 10.2. The van der Waals surface area contributed by atoms with Gasteiger partial charge in [0.1, 0.15) is 17.7 Å². The van der Waals surface area contributed by atoms with Gasteiger partial charge in [0.05, 0.1) is 0 Å². The Morgan fingerprint density at radius 2 is 2.38 bits per heavy atom. The summed E-state index contributed by atoms with van der Waals surface area (Å²) in [6.45, 7) is 0.692. The van der Waals surface area contributed by atoms with Crippen LogP contribution in [-0.4, -0.2) is 27.3 Å². The van der Waals surface area contributed by atoms with Crippen LogP contribution in [0.4, 0.5) is 5.13 Å². The molecule has 3 heterocycles. The highest BCUT2D eigenvalue weighted by Crippen LogP contribution is 2.31. The molecule has 2 aromatic heterocycles. The number of hydrogen-bond donors (Lipinski definition) is 1. The zero-order valence-corrected chi connectivity index (χ0v) is 12.0. The summed E-state index contributed by atoms with van der Waals surface area (Å²) in [7, 11) is 0. The molecule has 8 heteroatoms.